The summed E-state index contributed by atoms with van der Waals surface area (Å²) in [5.74, 6) is 0.907. The Morgan fingerprint density at radius 3 is 2.60 bits per heavy atom. The molecule has 1 aliphatic heterocycles. The Hall–Kier alpha value is -1.23. The highest BCUT2D eigenvalue weighted by atomic mass is 19.4. The van der Waals surface area contributed by atoms with Crippen LogP contribution in [0.25, 0.3) is 0 Å². The van der Waals surface area contributed by atoms with Gasteiger partial charge in [0.25, 0.3) is 0 Å². The summed E-state index contributed by atoms with van der Waals surface area (Å²) in [6.45, 7) is 5.88. The lowest BCUT2D eigenvalue weighted by Gasteiger charge is -2.28. The van der Waals surface area contributed by atoms with Crippen LogP contribution in [0, 0.1) is 11.8 Å². The van der Waals surface area contributed by atoms with E-state index in [0.717, 1.165) is 31.6 Å². The lowest BCUT2D eigenvalue weighted by Crippen LogP contribution is -2.33. The van der Waals surface area contributed by atoms with E-state index in [-0.39, 0.29) is 12.0 Å². The standard InChI is InChI=1S/C15H20F3NO/c1-10(2)14(11-6-7-19-9-11)20-13-5-3-4-12(8-13)15(16,17)18/h3-5,8,10-11,14,19H,6-7,9H2,1-2H3. The van der Waals surface area contributed by atoms with Gasteiger partial charge in [0, 0.05) is 12.5 Å². The highest BCUT2D eigenvalue weighted by molar-refractivity contribution is 5.30. The number of halogens is 3. The Labute approximate surface area is 117 Å². The van der Waals surface area contributed by atoms with Gasteiger partial charge in [-0.1, -0.05) is 19.9 Å². The molecule has 1 N–H and O–H groups in total. The van der Waals surface area contributed by atoms with Crippen LogP contribution < -0.4 is 10.1 Å². The molecule has 112 valence electrons. The second-order valence-corrected chi connectivity index (χ2v) is 5.60. The van der Waals surface area contributed by atoms with Gasteiger partial charge in [-0.15, -0.1) is 0 Å². The van der Waals surface area contributed by atoms with Gasteiger partial charge in [-0.2, -0.15) is 13.2 Å². The van der Waals surface area contributed by atoms with Gasteiger partial charge in [0.15, 0.2) is 0 Å². The van der Waals surface area contributed by atoms with E-state index in [1.807, 2.05) is 13.8 Å². The fraction of sp³-hybridized carbons (Fsp3) is 0.600. The third-order valence-corrected chi connectivity index (χ3v) is 3.65. The second kappa shape index (κ2) is 6.04. The van der Waals surface area contributed by atoms with Crippen molar-refractivity contribution < 1.29 is 17.9 Å². The van der Waals surface area contributed by atoms with Crippen LogP contribution in [0.2, 0.25) is 0 Å². The molecule has 1 fully saturated rings. The van der Waals surface area contributed by atoms with Crippen LogP contribution in [0.1, 0.15) is 25.8 Å². The number of ether oxygens (including phenoxy) is 1. The van der Waals surface area contributed by atoms with Crippen LogP contribution in [0.5, 0.6) is 5.75 Å². The molecule has 0 aromatic heterocycles. The van der Waals surface area contributed by atoms with Crippen molar-refractivity contribution in [3.05, 3.63) is 29.8 Å². The SMILES string of the molecule is CC(C)C(Oc1cccc(C(F)(F)F)c1)C1CCNC1. The van der Waals surface area contributed by atoms with E-state index >= 15 is 0 Å². The number of alkyl halides is 3. The van der Waals surface area contributed by atoms with Crippen LogP contribution in [-0.2, 0) is 6.18 Å². The average molecular weight is 287 g/mol. The van der Waals surface area contributed by atoms with Crippen molar-refractivity contribution in [1.29, 1.82) is 0 Å². The van der Waals surface area contributed by atoms with Gasteiger partial charge < -0.3 is 10.1 Å². The lowest BCUT2D eigenvalue weighted by atomic mass is 9.92. The van der Waals surface area contributed by atoms with Gasteiger partial charge in [0.05, 0.1) is 5.56 Å². The molecule has 1 aromatic carbocycles. The molecule has 2 unspecified atom stereocenters. The molecule has 1 aliphatic rings. The van der Waals surface area contributed by atoms with Crippen molar-refractivity contribution >= 4 is 0 Å². The molecule has 2 atom stereocenters. The summed E-state index contributed by atoms with van der Waals surface area (Å²) in [4.78, 5) is 0. The van der Waals surface area contributed by atoms with Gasteiger partial charge in [-0.3, -0.25) is 0 Å². The monoisotopic (exact) mass is 287 g/mol. The predicted molar refractivity (Wildman–Crippen MR) is 71.7 cm³/mol. The third kappa shape index (κ3) is 3.66. The van der Waals surface area contributed by atoms with Gasteiger partial charge >= 0.3 is 6.18 Å². The Morgan fingerprint density at radius 2 is 2.05 bits per heavy atom. The van der Waals surface area contributed by atoms with Crippen LogP contribution in [0.15, 0.2) is 24.3 Å². The summed E-state index contributed by atoms with van der Waals surface area (Å²) < 4.78 is 44.0. The van der Waals surface area contributed by atoms with Gasteiger partial charge in [-0.05, 0) is 37.1 Å². The molecule has 0 radical (unpaired) electrons. The predicted octanol–water partition coefficient (Wildman–Crippen LogP) is 3.72. The van der Waals surface area contributed by atoms with Crippen molar-refractivity contribution in [2.24, 2.45) is 11.8 Å². The largest absolute Gasteiger partial charge is 0.490 e. The van der Waals surface area contributed by atoms with Crippen molar-refractivity contribution in [2.75, 3.05) is 13.1 Å². The molecular formula is C15H20F3NO. The van der Waals surface area contributed by atoms with Crippen molar-refractivity contribution in [2.45, 2.75) is 32.5 Å². The Bertz CT molecular complexity index is 439. The molecule has 0 aliphatic carbocycles. The smallest absolute Gasteiger partial charge is 0.416 e. The number of rotatable bonds is 4. The molecule has 0 saturated carbocycles. The summed E-state index contributed by atoms with van der Waals surface area (Å²) in [7, 11) is 0. The highest BCUT2D eigenvalue weighted by Crippen LogP contribution is 2.32. The summed E-state index contributed by atoms with van der Waals surface area (Å²) >= 11 is 0. The number of benzene rings is 1. The summed E-state index contributed by atoms with van der Waals surface area (Å²) in [5.41, 5.74) is -0.665. The third-order valence-electron chi connectivity index (χ3n) is 3.65. The minimum atomic E-state index is -4.33. The number of nitrogens with one attached hydrogen (secondary N) is 1. The molecule has 1 aromatic rings. The first-order chi connectivity index (χ1) is 9.38. The molecule has 20 heavy (non-hydrogen) atoms. The van der Waals surface area contributed by atoms with E-state index in [4.69, 9.17) is 4.74 Å². The summed E-state index contributed by atoms with van der Waals surface area (Å²) in [5, 5.41) is 3.27. The van der Waals surface area contributed by atoms with E-state index in [0.29, 0.717) is 11.7 Å². The van der Waals surface area contributed by atoms with E-state index in [2.05, 4.69) is 5.32 Å². The van der Waals surface area contributed by atoms with Crippen LogP contribution >= 0.6 is 0 Å². The quantitative estimate of drug-likeness (QED) is 0.911. The molecule has 0 bridgehead atoms. The molecule has 1 heterocycles. The van der Waals surface area contributed by atoms with E-state index in [1.165, 1.54) is 6.07 Å². The Balaban J connectivity index is 2.14. The molecule has 5 heteroatoms. The normalized spacial score (nSPS) is 21.2. The van der Waals surface area contributed by atoms with Gasteiger partial charge in [0.1, 0.15) is 11.9 Å². The lowest BCUT2D eigenvalue weighted by molar-refractivity contribution is -0.137. The maximum atomic E-state index is 12.7. The molecule has 0 amide bonds. The minimum absolute atomic E-state index is 0.0616. The molecule has 2 nitrogen and oxygen atoms in total. The Kier molecular flexibility index (Phi) is 4.58. The van der Waals surface area contributed by atoms with E-state index in [9.17, 15) is 13.2 Å². The molecular weight excluding hydrogens is 267 g/mol. The van der Waals surface area contributed by atoms with E-state index < -0.39 is 11.7 Å². The summed E-state index contributed by atoms with van der Waals surface area (Å²) in [6, 6.07) is 5.13. The molecule has 2 rings (SSSR count). The molecule has 1 saturated heterocycles. The van der Waals surface area contributed by atoms with Crippen molar-refractivity contribution in [3.63, 3.8) is 0 Å². The minimum Gasteiger partial charge on any atom is -0.490 e. The highest BCUT2D eigenvalue weighted by Gasteiger charge is 2.32. The van der Waals surface area contributed by atoms with Crippen LogP contribution in [0.4, 0.5) is 13.2 Å². The fourth-order valence-corrected chi connectivity index (χ4v) is 2.64. The first-order valence-corrected chi connectivity index (χ1v) is 6.92. The van der Waals surface area contributed by atoms with Gasteiger partial charge in [-0.25, -0.2) is 0 Å². The number of hydrogen-bond acceptors (Lipinski definition) is 2. The van der Waals surface area contributed by atoms with Crippen molar-refractivity contribution in [3.8, 4) is 5.75 Å². The fourth-order valence-electron chi connectivity index (χ4n) is 2.64. The second-order valence-electron chi connectivity index (χ2n) is 5.60. The number of hydrogen-bond donors (Lipinski definition) is 1. The zero-order valence-electron chi connectivity index (χ0n) is 11.7. The van der Waals surface area contributed by atoms with Crippen molar-refractivity contribution in [1.82, 2.24) is 5.32 Å². The molecule has 0 spiro atoms. The van der Waals surface area contributed by atoms with Crippen LogP contribution in [-0.4, -0.2) is 19.2 Å². The maximum absolute atomic E-state index is 12.7. The Morgan fingerprint density at radius 1 is 1.30 bits per heavy atom. The van der Waals surface area contributed by atoms with Gasteiger partial charge in [0.2, 0.25) is 0 Å². The first kappa shape index (κ1) is 15.2. The van der Waals surface area contributed by atoms with Crippen LogP contribution in [0.3, 0.4) is 0 Å². The topological polar surface area (TPSA) is 21.3 Å². The maximum Gasteiger partial charge on any atom is 0.416 e. The first-order valence-electron chi connectivity index (χ1n) is 6.92. The van der Waals surface area contributed by atoms with E-state index in [1.54, 1.807) is 6.07 Å². The average Bonchev–Trinajstić information content (AvgIpc) is 2.88. The zero-order valence-corrected chi connectivity index (χ0v) is 11.7. The summed E-state index contributed by atoms with van der Waals surface area (Å²) in [6.07, 6.45) is -3.39. The zero-order chi connectivity index (χ0) is 14.8.